The molecule has 4 rings (SSSR count). The van der Waals surface area contributed by atoms with Gasteiger partial charge in [0.1, 0.15) is 11.8 Å². The third kappa shape index (κ3) is 4.40. The second kappa shape index (κ2) is 8.76. The number of benzene rings is 3. The lowest BCUT2D eigenvalue weighted by atomic mass is 9.95. The summed E-state index contributed by atoms with van der Waals surface area (Å²) in [4.78, 5) is 13.5. The molecule has 1 aliphatic rings. The van der Waals surface area contributed by atoms with Crippen LogP contribution < -0.4 is 10.1 Å². The average Bonchev–Trinajstić information content (AvgIpc) is 2.77. The van der Waals surface area contributed by atoms with Gasteiger partial charge in [-0.05, 0) is 78.9 Å². The van der Waals surface area contributed by atoms with Crippen LogP contribution >= 0.6 is 0 Å². The first-order chi connectivity index (χ1) is 15.3. The molecule has 1 aliphatic heterocycles. The summed E-state index contributed by atoms with van der Waals surface area (Å²) in [7, 11) is -2.39. The molecule has 1 N–H and O–H groups in total. The summed E-state index contributed by atoms with van der Waals surface area (Å²) >= 11 is 0. The quantitative estimate of drug-likeness (QED) is 0.636. The number of methoxy groups -OCH3 is 1. The molecule has 166 valence electrons. The van der Waals surface area contributed by atoms with Crippen molar-refractivity contribution >= 4 is 21.6 Å². The van der Waals surface area contributed by atoms with Crippen LogP contribution in [0.25, 0.3) is 0 Å². The van der Waals surface area contributed by atoms with E-state index in [1.54, 1.807) is 12.1 Å². The Hall–Kier alpha value is -3.16. The molecule has 0 saturated carbocycles. The highest BCUT2D eigenvalue weighted by Gasteiger charge is 2.39. The second-order valence-corrected chi connectivity index (χ2v) is 9.97. The number of nitrogens with one attached hydrogen (secondary N) is 1. The van der Waals surface area contributed by atoms with Gasteiger partial charge in [0.05, 0.1) is 12.0 Å². The molecule has 0 aliphatic carbocycles. The molecule has 0 aromatic heterocycles. The minimum atomic E-state index is -3.92. The van der Waals surface area contributed by atoms with Gasteiger partial charge in [-0.2, -0.15) is 4.31 Å². The van der Waals surface area contributed by atoms with Crippen molar-refractivity contribution < 1.29 is 17.9 Å². The summed E-state index contributed by atoms with van der Waals surface area (Å²) in [5.41, 5.74) is 4.59. The molecule has 6 nitrogen and oxygen atoms in total. The summed E-state index contributed by atoms with van der Waals surface area (Å²) in [6, 6.07) is 18.8. The maximum atomic E-state index is 13.6. The van der Waals surface area contributed by atoms with Crippen LogP contribution in [0.4, 0.5) is 5.69 Å². The Morgan fingerprint density at radius 1 is 0.969 bits per heavy atom. The minimum Gasteiger partial charge on any atom is -0.497 e. The normalized spacial score (nSPS) is 16.3. The summed E-state index contributed by atoms with van der Waals surface area (Å²) in [6.45, 7) is 4.05. The SMILES string of the molecule is COc1ccc(S(=O)(=O)N2Cc3ccccc3C[C@@H]2C(=O)Nc2cc(C)cc(C)c2)cc1. The molecule has 3 aromatic carbocycles. The van der Waals surface area contributed by atoms with E-state index in [0.717, 1.165) is 22.3 Å². The van der Waals surface area contributed by atoms with E-state index in [-0.39, 0.29) is 17.3 Å². The topological polar surface area (TPSA) is 75.7 Å². The molecule has 1 amide bonds. The number of anilines is 1. The Labute approximate surface area is 188 Å². The van der Waals surface area contributed by atoms with Crippen LogP contribution in [0.15, 0.2) is 71.6 Å². The molecular weight excluding hydrogens is 424 g/mol. The van der Waals surface area contributed by atoms with Gasteiger partial charge in [-0.15, -0.1) is 0 Å². The maximum absolute atomic E-state index is 13.6. The van der Waals surface area contributed by atoms with Crippen LogP contribution in [-0.2, 0) is 27.8 Å². The van der Waals surface area contributed by atoms with Gasteiger partial charge in [0, 0.05) is 12.2 Å². The van der Waals surface area contributed by atoms with Gasteiger partial charge in [-0.25, -0.2) is 8.42 Å². The van der Waals surface area contributed by atoms with Crippen LogP contribution in [0.2, 0.25) is 0 Å². The third-order valence-corrected chi connectivity index (χ3v) is 7.53. The van der Waals surface area contributed by atoms with Crippen molar-refractivity contribution in [2.45, 2.75) is 37.8 Å². The van der Waals surface area contributed by atoms with E-state index in [2.05, 4.69) is 5.32 Å². The number of rotatable bonds is 5. The number of sulfonamides is 1. The van der Waals surface area contributed by atoms with Gasteiger partial charge in [0.2, 0.25) is 15.9 Å². The maximum Gasteiger partial charge on any atom is 0.244 e. The van der Waals surface area contributed by atoms with Crippen LogP contribution in [0, 0.1) is 13.8 Å². The van der Waals surface area contributed by atoms with Crippen molar-refractivity contribution in [2.75, 3.05) is 12.4 Å². The van der Waals surface area contributed by atoms with Crippen LogP contribution in [0.5, 0.6) is 5.75 Å². The lowest BCUT2D eigenvalue weighted by molar-refractivity contribution is -0.120. The van der Waals surface area contributed by atoms with Crippen LogP contribution in [-0.4, -0.2) is 31.8 Å². The van der Waals surface area contributed by atoms with Crippen molar-refractivity contribution in [3.63, 3.8) is 0 Å². The van der Waals surface area contributed by atoms with E-state index >= 15 is 0 Å². The van der Waals surface area contributed by atoms with Crippen molar-refractivity contribution in [1.82, 2.24) is 4.31 Å². The summed E-state index contributed by atoms with van der Waals surface area (Å²) in [5.74, 6) is 0.221. The monoisotopic (exact) mass is 450 g/mol. The van der Waals surface area contributed by atoms with E-state index in [1.807, 2.05) is 56.3 Å². The fraction of sp³-hybridized carbons (Fsp3) is 0.240. The fourth-order valence-electron chi connectivity index (χ4n) is 4.13. The highest BCUT2D eigenvalue weighted by atomic mass is 32.2. The molecule has 3 aromatic rings. The molecule has 0 saturated heterocycles. The Bertz CT molecular complexity index is 1230. The number of carbonyl (C=O) groups is 1. The molecule has 0 unspecified atom stereocenters. The second-order valence-electron chi connectivity index (χ2n) is 8.08. The zero-order chi connectivity index (χ0) is 22.9. The molecule has 0 bridgehead atoms. The van der Waals surface area contributed by atoms with E-state index in [4.69, 9.17) is 4.74 Å². The van der Waals surface area contributed by atoms with Gasteiger partial charge in [0.25, 0.3) is 0 Å². The molecule has 0 fully saturated rings. The number of hydrogen-bond acceptors (Lipinski definition) is 4. The molecule has 7 heteroatoms. The lowest BCUT2D eigenvalue weighted by Gasteiger charge is -2.35. The zero-order valence-electron chi connectivity index (χ0n) is 18.3. The van der Waals surface area contributed by atoms with Gasteiger partial charge in [-0.3, -0.25) is 4.79 Å². The standard InChI is InChI=1S/C25H26N2O4S/c1-17-12-18(2)14-21(13-17)26-25(28)24-15-19-6-4-5-7-20(19)16-27(24)32(29,30)23-10-8-22(31-3)9-11-23/h4-14,24H,15-16H2,1-3H3,(H,26,28)/t24-/m1/s1. The van der Waals surface area contributed by atoms with E-state index in [1.165, 1.54) is 23.5 Å². The van der Waals surface area contributed by atoms with Crippen molar-refractivity contribution in [2.24, 2.45) is 0 Å². The molecule has 0 radical (unpaired) electrons. The fourth-order valence-corrected chi connectivity index (χ4v) is 5.70. The predicted octanol–water partition coefficient (Wildman–Crippen LogP) is 4.07. The number of hydrogen-bond donors (Lipinski definition) is 1. The number of ether oxygens (including phenoxy) is 1. The van der Waals surface area contributed by atoms with Gasteiger partial charge < -0.3 is 10.1 Å². The highest BCUT2D eigenvalue weighted by Crippen LogP contribution is 2.30. The number of aryl methyl sites for hydroxylation is 2. The molecule has 1 atom stereocenters. The first-order valence-electron chi connectivity index (χ1n) is 10.4. The van der Waals surface area contributed by atoms with Crippen LogP contribution in [0.1, 0.15) is 22.3 Å². The lowest BCUT2D eigenvalue weighted by Crippen LogP contribution is -2.50. The van der Waals surface area contributed by atoms with Gasteiger partial charge >= 0.3 is 0 Å². The molecular formula is C25H26N2O4S. The summed E-state index contributed by atoms with van der Waals surface area (Å²) < 4.78 is 33.6. The third-order valence-electron chi connectivity index (χ3n) is 5.66. The number of amides is 1. The van der Waals surface area contributed by atoms with Gasteiger partial charge in [0.15, 0.2) is 0 Å². The molecule has 32 heavy (non-hydrogen) atoms. The van der Waals surface area contributed by atoms with E-state index < -0.39 is 16.1 Å². The zero-order valence-corrected chi connectivity index (χ0v) is 19.1. The van der Waals surface area contributed by atoms with Crippen molar-refractivity contribution in [3.8, 4) is 5.75 Å². The first kappa shape index (κ1) is 22.0. The Balaban J connectivity index is 1.71. The Morgan fingerprint density at radius 3 is 2.22 bits per heavy atom. The predicted molar refractivity (Wildman–Crippen MR) is 124 cm³/mol. The average molecular weight is 451 g/mol. The first-order valence-corrected chi connectivity index (χ1v) is 11.8. The van der Waals surface area contributed by atoms with Crippen molar-refractivity contribution in [1.29, 1.82) is 0 Å². The Kier molecular flexibility index (Phi) is 6.04. The number of nitrogens with zero attached hydrogens (tertiary/aromatic N) is 1. The van der Waals surface area contributed by atoms with Crippen molar-refractivity contribution in [3.05, 3.63) is 89.0 Å². The minimum absolute atomic E-state index is 0.127. The molecule has 0 spiro atoms. The molecule has 1 heterocycles. The number of fused-ring (bicyclic) bond motifs is 1. The van der Waals surface area contributed by atoms with E-state index in [0.29, 0.717) is 17.9 Å². The summed E-state index contributed by atoms with van der Waals surface area (Å²) in [5, 5.41) is 2.93. The largest absolute Gasteiger partial charge is 0.497 e. The smallest absolute Gasteiger partial charge is 0.244 e. The van der Waals surface area contributed by atoms with Gasteiger partial charge in [-0.1, -0.05) is 30.3 Å². The van der Waals surface area contributed by atoms with E-state index in [9.17, 15) is 13.2 Å². The Morgan fingerprint density at radius 2 is 1.59 bits per heavy atom. The summed E-state index contributed by atoms with van der Waals surface area (Å²) in [6.07, 6.45) is 0.308. The highest BCUT2D eigenvalue weighted by molar-refractivity contribution is 7.89. The number of carbonyl (C=O) groups excluding carboxylic acids is 1. The van der Waals surface area contributed by atoms with Crippen LogP contribution in [0.3, 0.4) is 0 Å².